The predicted molar refractivity (Wildman–Crippen MR) is 57.8 cm³/mol. The number of unbranched alkanes of at least 4 members (excludes halogenated alkanes) is 1. The van der Waals surface area contributed by atoms with Crippen molar-refractivity contribution in [2.45, 2.75) is 24.7 Å². The lowest BCUT2D eigenvalue weighted by Crippen LogP contribution is -2.00. The minimum Gasteiger partial charge on any atom is -0.223 e. The quantitative estimate of drug-likeness (QED) is 0.798. The largest absolute Gasteiger partial charge is 0.223 e. The van der Waals surface area contributed by atoms with Crippen molar-refractivity contribution in [1.82, 2.24) is 0 Å². The molecule has 77 valence electrons. The fourth-order valence-electron chi connectivity index (χ4n) is 0.994. The number of hydrogen-bond acceptors (Lipinski definition) is 2. The van der Waals surface area contributed by atoms with E-state index in [4.69, 9.17) is 11.6 Å². The molecule has 2 nitrogen and oxygen atoms in total. The van der Waals surface area contributed by atoms with Gasteiger partial charge in [0.15, 0.2) is 9.84 Å². The molecule has 1 aromatic carbocycles. The lowest BCUT2D eigenvalue weighted by molar-refractivity contribution is 0.599. The summed E-state index contributed by atoms with van der Waals surface area (Å²) in [6.45, 7) is 1.94. The SMILES string of the molecule is CCC[CH]S(=O)(=O)c1ccc(Cl)cc1. The third-order valence-electron chi connectivity index (χ3n) is 1.77. The number of halogens is 1. The Bertz CT molecular complexity index is 381. The smallest absolute Gasteiger partial charge is 0.182 e. The van der Waals surface area contributed by atoms with Crippen LogP contribution >= 0.6 is 11.6 Å². The van der Waals surface area contributed by atoms with E-state index in [0.717, 1.165) is 6.42 Å². The minimum absolute atomic E-state index is 0.301. The molecule has 0 aliphatic rings. The van der Waals surface area contributed by atoms with Gasteiger partial charge in [-0.1, -0.05) is 24.9 Å². The fraction of sp³-hybridized carbons (Fsp3) is 0.300. The highest BCUT2D eigenvalue weighted by atomic mass is 35.5. The molecule has 0 aromatic heterocycles. The topological polar surface area (TPSA) is 34.1 Å². The third-order valence-corrected chi connectivity index (χ3v) is 3.62. The normalized spacial score (nSPS) is 11.6. The molecule has 0 fully saturated rings. The Labute approximate surface area is 89.8 Å². The van der Waals surface area contributed by atoms with Crippen LogP contribution in [0.1, 0.15) is 19.8 Å². The zero-order valence-corrected chi connectivity index (χ0v) is 9.48. The summed E-state index contributed by atoms with van der Waals surface area (Å²) in [5, 5.41) is 0.541. The minimum atomic E-state index is -3.22. The van der Waals surface area contributed by atoms with Crippen LogP contribution in [0.15, 0.2) is 29.2 Å². The summed E-state index contributed by atoms with van der Waals surface area (Å²) in [6.07, 6.45) is 1.40. The van der Waals surface area contributed by atoms with Gasteiger partial charge in [0.05, 0.1) is 10.6 Å². The Morgan fingerprint density at radius 3 is 2.36 bits per heavy atom. The molecule has 0 atom stereocenters. The van der Waals surface area contributed by atoms with E-state index in [-0.39, 0.29) is 0 Å². The van der Waals surface area contributed by atoms with Crippen LogP contribution in [0.25, 0.3) is 0 Å². The second-order valence-electron chi connectivity index (χ2n) is 2.95. The van der Waals surface area contributed by atoms with Crippen LogP contribution in [0, 0.1) is 5.75 Å². The van der Waals surface area contributed by atoms with Crippen molar-refractivity contribution in [2.24, 2.45) is 0 Å². The molecule has 0 aliphatic heterocycles. The van der Waals surface area contributed by atoms with Crippen molar-refractivity contribution < 1.29 is 8.42 Å². The highest BCUT2D eigenvalue weighted by Gasteiger charge is 2.13. The molecule has 0 unspecified atom stereocenters. The predicted octanol–water partition coefficient (Wildman–Crippen LogP) is 3.08. The van der Waals surface area contributed by atoms with Gasteiger partial charge in [-0.3, -0.25) is 0 Å². The molecule has 1 aromatic rings. The molecule has 0 amide bonds. The van der Waals surface area contributed by atoms with E-state index in [0.29, 0.717) is 16.3 Å². The molecule has 1 radical (unpaired) electrons. The van der Waals surface area contributed by atoms with E-state index >= 15 is 0 Å². The molecule has 0 saturated heterocycles. The van der Waals surface area contributed by atoms with Crippen LogP contribution in [0.3, 0.4) is 0 Å². The van der Waals surface area contributed by atoms with Crippen LogP contribution in [0.4, 0.5) is 0 Å². The molecular formula is C10H12ClO2S. The molecule has 1 rings (SSSR count). The molecule has 14 heavy (non-hydrogen) atoms. The summed E-state index contributed by atoms with van der Waals surface area (Å²) in [7, 11) is -3.22. The second kappa shape index (κ2) is 4.80. The molecule has 0 heterocycles. The van der Waals surface area contributed by atoms with E-state index in [1.165, 1.54) is 17.9 Å². The average molecular weight is 232 g/mol. The maximum absolute atomic E-state index is 11.6. The van der Waals surface area contributed by atoms with Gasteiger partial charge in [-0.05, 0) is 30.7 Å². The van der Waals surface area contributed by atoms with Crippen LogP contribution in [0.5, 0.6) is 0 Å². The molecule has 0 N–H and O–H groups in total. The van der Waals surface area contributed by atoms with E-state index in [2.05, 4.69) is 0 Å². The maximum Gasteiger partial charge on any atom is 0.182 e. The van der Waals surface area contributed by atoms with Gasteiger partial charge in [0, 0.05) is 5.02 Å². The zero-order valence-electron chi connectivity index (χ0n) is 7.90. The van der Waals surface area contributed by atoms with E-state index in [1.807, 2.05) is 6.92 Å². The molecule has 0 aliphatic carbocycles. The molecule has 0 bridgehead atoms. The van der Waals surface area contributed by atoms with Crippen LogP contribution in [0.2, 0.25) is 5.02 Å². The maximum atomic E-state index is 11.6. The number of benzene rings is 1. The zero-order chi connectivity index (χ0) is 10.6. The first-order chi connectivity index (χ1) is 6.56. The van der Waals surface area contributed by atoms with Crippen LogP contribution in [-0.4, -0.2) is 8.42 Å². The molecular weight excluding hydrogens is 220 g/mol. The summed E-state index contributed by atoms with van der Waals surface area (Å²) in [4.78, 5) is 0.301. The number of rotatable bonds is 4. The Kier molecular flexibility index (Phi) is 3.96. The summed E-state index contributed by atoms with van der Waals surface area (Å²) < 4.78 is 23.2. The molecule has 4 heteroatoms. The van der Waals surface area contributed by atoms with Gasteiger partial charge in [-0.2, -0.15) is 0 Å². The first kappa shape index (κ1) is 11.5. The summed E-state index contributed by atoms with van der Waals surface area (Å²) >= 11 is 5.66. The summed E-state index contributed by atoms with van der Waals surface area (Å²) in [5.74, 6) is 1.34. The second-order valence-corrected chi connectivity index (χ2v) is 5.29. The summed E-state index contributed by atoms with van der Waals surface area (Å²) in [6, 6.07) is 6.19. The van der Waals surface area contributed by atoms with Crippen molar-refractivity contribution >= 4 is 21.4 Å². The van der Waals surface area contributed by atoms with Gasteiger partial charge < -0.3 is 0 Å². The van der Waals surface area contributed by atoms with Crippen molar-refractivity contribution in [2.75, 3.05) is 0 Å². The van der Waals surface area contributed by atoms with Gasteiger partial charge in [-0.15, -0.1) is 0 Å². The van der Waals surface area contributed by atoms with E-state index in [9.17, 15) is 8.42 Å². The van der Waals surface area contributed by atoms with Gasteiger partial charge >= 0.3 is 0 Å². The molecule has 0 spiro atoms. The van der Waals surface area contributed by atoms with Crippen LogP contribution < -0.4 is 0 Å². The lowest BCUT2D eigenvalue weighted by Gasteiger charge is -2.02. The Morgan fingerprint density at radius 1 is 1.29 bits per heavy atom. The van der Waals surface area contributed by atoms with Crippen molar-refractivity contribution in [1.29, 1.82) is 0 Å². The fourth-order valence-corrected chi connectivity index (χ4v) is 2.37. The van der Waals surface area contributed by atoms with Crippen molar-refractivity contribution in [3.63, 3.8) is 0 Å². The monoisotopic (exact) mass is 231 g/mol. The Morgan fingerprint density at radius 2 is 1.86 bits per heavy atom. The van der Waals surface area contributed by atoms with Gasteiger partial charge in [-0.25, -0.2) is 8.42 Å². The van der Waals surface area contributed by atoms with Crippen LogP contribution in [-0.2, 0) is 9.84 Å². The molecule has 0 saturated carbocycles. The first-order valence-corrected chi connectivity index (χ1v) is 6.32. The Balaban J connectivity index is 2.87. The highest BCUT2D eigenvalue weighted by Crippen LogP contribution is 2.18. The lowest BCUT2D eigenvalue weighted by atomic mass is 10.4. The highest BCUT2D eigenvalue weighted by molar-refractivity contribution is 7.93. The van der Waals surface area contributed by atoms with Gasteiger partial charge in [0.25, 0.3) is 0 Å². The van der Waals surface area contributed by atoms with Gasteiger partial charge in [0.2, 0.25) is 0 Å². The standard InChI is InChI=1S/C10H12ClO2S/c1-2-3-8-14(12,13)10-6-4-9(11)5-7-10/h4-8H,2-3H2,1H3. The van der Waals surface area contributed by atoms with Crippen molar-refractivity contribution in [3.05, 3.63) is 35.0 Å². The van der Waals surface area contributed by atoms with Crippen molar-refractivity contribution in [3.8, 4) is 0 Å². The van der Waals surface area contributed by atoms with E-state index in [1.54, 1.807) is 12.1 Å². The first-order valence-electron chi connectivity index (χ1n) is 4.40. The van der Waals surface area contributed by atoms with E-state index < -0.39 is 9.84 Å². The number of sulfone groups is 1. The Hall–Kier alpha value is -0.540. The van der Waals surface area contributed by atoms with Gasteiger partial charge in [0.1, 0.15) is 0 Å². The summed E-state index contributed by atoms with van der Waals surface area (Å²) in [5.41, 5.74) is 0. The third kappa shape index (κ3) is 3.00. The average Bonchev–Trinajstić information content (AvgIpc) is 2.16. The number of hydrogen-bond donors (Lipinski definition) is 0.